The SMILES string of the molecule is C[C@@H](NC[C@H]1C[C@@H](c2ccc(F)c(C(=O)O)c2)c2ccccc2O1)c1cccc2ccccc12. The van der Waals surface area contributed by atoms with E-state index in [4.69, 9.17) is 4.74 Å². The number of aromatic carboxylic acids is 1. The molecule has 0 bridgehead atoms. The van der Waals surface area contributed by atoms with E-state index in [-0.39, 0.29) is 23.6 Å². The Kier molecular flexibility index (Phi) is 6.03. The fraction of sp³-hybridized carbons (Fsp3) is 0.207. The van der Waals surface area contributed by atoms with Crippen molar-refractivity contribution in [2.24, 2.45) is 0 Å². The van der Waals surface area contributed by atoms with Crippen molar-refractivity contribution in [3.05, 3.63) is 113 Å². The molecule has 5 rings (SSSR count). The van der Waals surface area contributed by atoms with E-state index in [2.05, 4.69) is 48.6 Å². The summed E-state index contributed by atoms with van der Waals surface area (Å²) in [6, 6.07) is 27.0. The van der Waals surface area contributed by atoms with E-state index >= 15 is 0 Å². The molecule has 172 valence electrons. The van der Waals surface area contributed by atoms with Crippen molar-refractivity contribution in [2.45, 2.75) is 31.4 Å². The lowest BCUT2D eigenvalue weighted by Gasteiger charge is -2.33. The van der Waals surface area contributed by atoms with Crippen molar-refractivity contribution in [3.63, 3.8) is 0 Å². The largest absolute Gasteiger partial charge is 0.489 e. The number of fused-ring (bicyclic) bond motifs is 2. The highest BCUT2D eigenvalue weighted by molar-refractivity contribution is 5.88. The Morgan fingerprint density at radius 2 is 1.82 bits per heavy atom. The average Bonchev–Trinajstić information content (AvgIpc) is 2.86. The van der Waals surface area contributed by atoms with Gasteiger partial charge < -0.3 is 15.2 Å². The van der Waals surface area contributed by atoms with E-state index in [1.54, 1.807) is 6.07 Å². The highest BCUT2D eigenvalue weighted by Crippen LogP contribution is 2.40. The Hall–Kier alpha value is -3.70. The van der Waals surface area contributed by atoms with Crippen LogP contribution >= 0.6 is 0 Å². The van der Waals surface area contributed by atoms with Crippen LogP contribution in [-0.4, -0.2) is 23.7 Å². The fourth-order valence-corrected chi connectivity index (χ4v) is 4.90. The highest BCUT2D eigenvalue weighted by Gasteiger charge is 2.30. The van der Waals surface area contributed by atoms with Gasteiger partial charge in [0.2, 0.25) is 0 Å². The predicted octanol–water partition coefficient (Wildman–Crippen LogP) is 6.31. The molecule has 0 saturated heterocycles. The molecule has 4 aromatic rings. The molecule has 3 atom stereocenters. The molecule has 0 unspecified atom stereocenters. The molecule has 34 heavy (non-hydrogen) atoms. The van der Waals surface area contributed by atoms with Gasteiger partial charge in [0.05, 0.1) is 5.56 Å². The second-order valence-electron chi connectivity index (χ2n) is 8.81. The summed E-state index contributed by atoms with van der Waals surface area (Å²) in [5.41, 5.74) is 2.70. The van der Waals surface area contributed by atoms with Crippen molar-refractivity contribution < 1.29 is 19.0 Å². The second-order valence-corrected chi connectivity index (χ2v) is 8.81. The molecule has 1 aliphatic rings. The van der Waals surface area contributed by atoms with Gasteiger partial charge in [-0.2, -0.15) is 0 Å². The van der Waals surface area contributed by atoms with Gasteiger partial charge >= 0.3 is 5.97 Å². The van der Waals surface area contributed by atoms with Gasteiger partial charge in [-0.25, -0.2) is 9.18 Å². The number of para-hydroxylation sites is 1. The Labute approximate surface area is 198 Å². The summed E-state index contributed by atoms with van der Waals surface area (Å²) in [7, 11) is 0. The minimum atomic E-state index is -1.26. The van der Waals surface area contributed by atoms with Crippen LogP contribution in [0.4, 0.5) is 4.39 Å². The molecule has 0 fully saturated rings. The van der Waals surface area contributed by atoms with E-state index in [0.717, 1.165) is 16.9 Å². The summed E-state index contributed by atoms with van der Waals surface area (Å²) in [5.74, 6) is -1.28. The number of carbonyl (C=O) groups is 1. The zero-order chi connectivity index (χ0) is 23.7. The number of hydrogen-bond donors (Lipinski definition) is 2. The van der Waals surface area contributed by atoms with Crippen molar-refractivity contribution in [1.29, 1.82) is 0 Å². The number of hydrogen-bond acceptors (Lipinski definition) is 3. The van der Waals surface area contributed by atoms with Crippen LogP contribution in [-0.2, 0) is 0 Å². The maximum atomic E-state index is 14.0. The molecule has 4 nitrogen and oxygen atoms in total. The van der Waals surface area contributed by atoms with Crippen molar-refractivity contribution >= 4 is 16.7 Å². The lowest BCUT2D eigenvalue weighted by Crippen LogP contribution is -2.37. The molecule has 1 aliphatic heterocycles. The maximum absolute atomic E-state index is 14.0. The monoisotopic (exact) mass is 455 g/mol. The lowest BCUT2D eigenvalue weighted by molar-refractivity contribution is 0.0691. The summed E-state index contributed by atoms with van der Waals surface area (Å²) < 4.78 is 20.3. The third-order valence-corrected chi connectivity index (χ3v) is 6.65. The van der Waals surface area contributed by atoms with Crippen molar-refractivity contribution in [1.82, 2.24) is 5.32 Å². The first-order valence-electron chi connectivity index (χ1n) is 11.5. The van der Waals surface area contributed by atoms with E-state index in [9.17, 15) is 14.3 Å². The summed E-state index contributed by atoms with van der Waals surface area (Å²) in [6.45, 7) is 2.78. The second kappa shape index (κ2) is 9.27. The standard InChI is InChI=1S/C29H26FNO3/c1-18(22-11-6-8-19-7-2-3-9-23(19)22)31-17-21-16-25(24-10-4-5-12-28(24)34-21)20-13-14-27(30)26(15-20)29(32)33/h2-15,18,21,25,31H,16-17H2,1H3,(H,32,33)/t18-,21-,25+/m1/s1. The number of benzene rings is 4. The van der Waals surface area contributed by atoms with Crippen LogP contribution in [0.2, 0.25) is 0 Å². The number of ether oxygens (including phenoxy) is 1. The van der Waals surface area contributed by atoms with E-state index in [1.165, 1.54) is 28.5 Å². The van der Waals surface area contributed by atoms with E-state index in [1.807, 2.05) is 30.3 Å². The van der Waals surface area contributed by atoms with Crippen LogP contribution < -0.4 is 10.1 Å². The Balaban J connectivity index is 1.39. The summed E-state index contributed by atoms with van der Waals surface area (Å²) in [5, 5.41) is 15.5. The molecule has 0 radical (unpaired) electrons. The van der Waals surface area contributed by atoms with Crippen LogP contribution in [0.5, 0.6) is 5.75 Å². The first kappa shape index (κ1) is 22.1. The van der Waals surface area contributed by atoms with Gasteiger partial charge in [-0.15, -0.1) is 0 Å². The molecule has 2 N–H and O–H groups in total. The Bertz CT molecular complexity index is 1350. The number of rotatable bonds is 6. The van der Waals surface area contributed by atoms with Crippen LogP contribution in [0.3, 0.4) is 0 Å². The average molecular weight is 456 g/mol. The quantitative estimate of drug-likeness (QED) is 0.358. The van der Waals surface area contributed by atoms with Crippen LogP contribution in [0.1, 0.15) is 52.4 Å². The minimum absolute atomic E-state index is 0.0803. The molecule has 0 saturated carbocycles. The lowest BCUT2D eigenvalue weighted by atomic mass is 9.83. The number of halogens is 1. The van der Waals surface area contributed by atoms with Crippen molar-refractivity contribution in [2.75, 3.05) is 6.54 Å². The molecule has 0 aromatic heterocycles. The molecule has 5 heteroatoms. The van der Waals surface area contributed by atoms with E-state index < -0.39 is 11.8 Å². The third-order valence-electron chi connectivity index (χ3n) is 6.65. The molecular weight excluding hydrogens is 429 g/mol. The first-order chi connectivity index (χ1) is 16.5. The normalized spacial score (nSPS) is 18.2. The summed E-state index contributed by atoms with van der Waals surface area (Å²) >= 11 is 0. The topological polar surface area (TPSA) is 58.6 Å². The Morgan fingerprint density at radius 1 is 1.06 bits per heavy atom. The fourth-order valence-electron chi connectivity index (χ4n) is 4.90. The number of carboxylic acid groups (broad SMARTS) is 1. The molecule has 0 amide bonds. The van der Waals surface area contributed by atoms with Crippen molar-refractivity contribution in [3.8, 4) is 5.75 Å². The zero-order valence-electron chi connectivity index (χ0n) is 18.9. The van der Waals surface area contributed by atoms with Gasteiger partial charge in [0.1, 0.15) is 17.7 Å². The predicted molar refractivity (Wildman–Crippen MR) is 131 cm³/mol. The molecule has 1 heterocycles. The van der Waals surface area contributed by atoms with Crippen LogP contribution in [0, 0.1) is 5.82 Å². The zero-order valence-corrected chi connectivity index (χ0v) is 18.9. The van der Waals surface area contributed by atoms with Gasteiger partial charge in [-0.1, -0.05) is 66.7 Å². The van der Waals surface area contributed by atoms with Gasteiger partial charge in [0, 0.05) is 24.1 Å². The van der Waals surface area contributed by atoms with Gasteiger partial charge in [-0.3, -0.25) is 0 Å². The summed E-state index contributed by atoms with van der Waals surface area (Å²) in [6.07, 6.45) is 0.549. The van der Waals surface area contributed by atoms with E-state index in [0.29, 0.717) is 13.0 Å². The molecule has 0 spiro atoms. The smallest absolute Gasteiger partial charge is 0.338 e. The van der Waals surface area contributed by atoms with Gasteiger partial charge in [0.15, 0.2) is 0 Å². The van der Waals surface area contributed by atoms with Crippen LogP contribution in [0.15, 0.2) is 84.9 Å². The Morgan fingerprint density at radius 3 is 2.68 bits per heavy atom. The maximum Gasteiger partial charge on any atom is 0.338 e. The van der Waals surface area contributed by atoms with Crippen LogP contribution in [0.25, 0.3) is 10.8 Å². The van der Waals surface area contributed by atoms with Gasteiger partial charge in [0.25, 0.3) is 0 Å². The number of nitrogens with one attached hydrogen (secondary N) is 1. The summed E-state index contributed by atoms with van der Waals surface area (Å²) in [4.78, 5) is 11.5. The van der Waals surface area contributed by atoms with Gasteiger partial charge in [-0.05, 0) is 53.4 Å². The minimum Gasteiger partial charge on any atom is -0.489 e. The number of carboxylic acids is 1. The molecule has 4 aromatic carbocycles. The molecule has 0 aliphatic carbocycles. The third kappa shape index (κ3) is 4.27. The highest BCUT2D eigenvalue weighted by atomic mass is 19.1. The first-order valence-corrected chi connectivity index (χ1v) is 11.5. The molecular formula is C29H26FNO3.